The maximum atomic E-state index is 12.4. The van der Waals surface area contributed by atoms with Crippen LogP contribution in [0.5, 0.6) is 0 Å². The number of halogens is 3. The normalized spacial score (nSPS) is 23.6. The summed E-state index contributed by atoms with van der Waals surface area (Å²) >= 11 is 1.45. The lowest BCUT2D eigenvalue weighted by atomic mass is 9.96. The molecule has 1 amide bonds. The molecule has 124 valence electrons. The highest BCUT2D eigenvalue weighted by Gasteiger charge is 2.35. The van der Waals surface area contributed by atoms with Crippen molar-refractivity contribution in [2.24, 2.45) is 5.92 Å². The van der Waals surface area contributed by atoms with Crippen LogP contribution in [0.2, 0.25) is 0 Å². The number of piperidine rings is 1. The van der Waals surface area contributed by atoms with Gasteiger partial charge >= 0.3 is 6.18 Å². The number of nitrogens with one attached hydrogen (secondary N) is 1. The fraction of sp³-hybridized carbons (Fsp3) is 0.923. The Balaban J connectivity index is 2.50. The number of alkyl halides is 3. The minimum absolute atomic E-state index is 0.0481. The lowest BCUT2D eigenvalue weighted by Crippen LogP contribution is -2.49. The van der Waals surface area contributed by atoms with Crippen molar-refractivity contribution >= 4 is 17.7 Å². The Morgan fingerprint density at radius 2 is 2.19 bits per heavy atom. The lowest BCUT2D eigenvalue weighted by molar-refractivity contribution is -0.152. The van der Waals surface area contributed by atoms with Crippen LogP contribution in [0.4, 0.5) is 13.2 Å². The fourth-order valence-corrected chi connectivity index (χ4v) is 3.16. The molecule has 0 saturated carbocycles. The number of hydrogen-bond donors (Lipinski definition) is 2. The molecule has 2 N–H and O–H groups in total. The second kappa shape index (κ2) is 8.24. The quantitative estimate of drug-likeness (QED) is 0.776. The molecule has 1 aliphatic rings. The van der Waals surface area contributed by atoms with Crippen molar-refractivity contribution in [3.8, 4) is 0 Å². The van der Waals surface area contributed by atoms with Gasteiger partial charge in [-0.15, -0.1) is 0 Å². The van der Waals surface area contributed by atoms with Gasteiger partial charge in [0.2, 0.25) is 5.91 Å². The van der Waals surface area contributed by atoms with Gasteiger partial charge in [0.1, 0.15) is 0 Å². The lowest BCUT2D eigenvalue weighted by Gasteiger charge is -2.33. The van der Waals surface area contributed by atoms with E-state index in [2.05, 4.69) is 5.32 Å². The second-order valence-corrected chi connectivity index (χ2v) is 6.52. The molecule has 0 spiro atoms. The molecule has 0 bridgehead atoms. The van der Waals surface area contributed by atoms with Gasteiger partial charge in [0.25, 0.3) is 0 Å². The second-order valence-electron chi connectivity index (χ2n) is 5.44. The topological polar surface area (TPSA) is 52.6 Å². The standard InChI is InChI=1S/C13H23F3N2O2S/c1-9(11(7-19)21-2)17-12(20)10-4-3-5-18(6-10)8-13(14,15)16/h9-11,19H,3-8H2,1-2H3,(H,17,20). The number of hydrogen-bond acceptors (Lipinski definition) is 4. The van der Waals surface area contributed by atoms with E-state index in [1.165, 1.54) is 16.7 Å². The molecule has 1 saturated heterocycles. The van der Waals surface area contributed by atoms with Gasteiger partial charge in [-0.3, -0.25) is 9.69 Å². The average Bonchev–Trinajstić information content (AvgIpc) is 2.38. The van der Waals surface area contributed by atoms with Gasteiger partial charge < -0.3 is 10.4 Å². The van der Waals surface area contributed by atoms with Crippen LogP contribution in [-0.2, 0) is 4.79 Å². The van der Waals surface area contributed by atoms with E-state index in [-0.39, 0.29) is 30.4 Å². The van der Waals surface area contributed by atoms with Gasteiger partial charge in [0, 0.05) is 17.8 Å². The Morgan fingerprint density at radius 1 is 1.52 bits per heavy atom. The van der Waals surface area contributed by atoms with E-state index >= 15 is 0 Å². The maximum absolute atomic E-state index is 12.4. The molecule has 4 nitrogen and oxygen atoms in total. The first kappa shape index (κ1) is 18.6. The van der Waals surface area contributed by atoms with Crippen molar-refractivity contribution in [1.82, 2.24) is 10.2 Å². The minimum atomic E-state index is -4.23. The molecule has 8 heteroatoms. The molecular weight excluding hydrogens is 305 g/mol. The highest BCUT2D eigenvalue weighted by Crippen LogP contribution is 2.23. The van der Waals surface area contributed by atoms with Crippen molar-refractivity contribution in [2.45, 2.75) is 37.2 Å². The summed E-state index contributed by atoms with van der Waals surface area (Å²) in [7, 11) is 0. The molecule has 1 heterocycles. The van der Waals surface area contributed by atoms with Crippen molar-refractivity contribution in [1.29, 1.82) is 0 Å². The Labute approximate surface area is 127 Å². The van der Waals surface area contributed by atoms with Crippen LogP contribution in [0.3, 0.4) is 0 Å². The number of carbonyl (C=O) groups excluding carboxylic acids is 1. The summed E-state index contributed by atoms with van der Waals surface area (Å²) < 4.78 is 37.2. The Morgan fingerprint density at radius 3 is 2.71 bits per heavy atom. The van der Waals surface area contributed by atoms with Gasteiger partial charge in [-0.05, 0) is 32.6 Å². The summed E-state index contributed by atoms with van der Waals surface area (Å²) in [6.45, 7) is 1.31. The SMILES string of the molecule is CSC(CO)C(C)NC(=O)C1CCCN(CC(F)(F)F)C1. The van der Waals surface area contributed by atoms with Crippen LogP contribution < -0.4 is 5.32 Å². The van der Waals surface area contributed by atoms with Gasteiger partial charge in [0.15, 0.2) is 0 Å². The number of nitrogens with zero attached hydrogens (tertiary/aromatic N) is 1. The number of likely N-dealkylation sites (tertiary alicyclic amines) is 1. The number of rotatable bonds is 6. The summed E-state index contributed by atoms with van der Waals surface area (Å²) in [5.74, 6) is -0.633. The van der Waals surface area contributed by atoms with Crippen LogP contribution in [0, 0.1) is 5.92 Å². The molecule has 1 aliphatic heterocycles. The third-order valence-electron chi connectivity index (χ3n) is 3.69. The van der Waals surface area contributed by atoms with Crippen LogP contribution in [0.15, 0.2) is 0 Å². The van der Waals surface area contributed by atoms with Crippen molar-refractivity contribution < 1.29 is 23.1 Å². The summed E-state index contributed by atoms with van der Waals surface area (Å²) in [4.78, 5) is 13.4. The number of thioether (sulfide) groups is 1. The monoisotopic (exact) mass is 328 g/mol. The molecule has 1 fully saturated rings. The Hall–Kier alpha value is -0.470. The van der Waals surface area contributed by atoms with Gasteiger partial charge in [-0.25, -0.2) is 0 Å². The van der Waals surface area contributed by atoms with E-state index < -0.39 is 18.6 Å². The zero-order chi connectivity index (χ0) is 16.0. The summed E-state index contributed by atoms with van der Waals surface area (Å²) in [5, 5.41) is 11.9. The predicted molar refractivity (Wildman–Crippen MR) is 77.2 cm³/mol. The third-order valence-corrected chi connectivity index (χ3v) is 4.85. The molecule has 0 aromatic carbocycles. The maximum Gasteiger partial charge on any atom is 0.401 e. The number of aliphatic hydroxyl groups excluding tert-OH is 1. The van der Waals surface area contributed by atoms with E-state index in [1.807, 2.05) is 6.26 Å². The molecule has 21 heavy (non-hydrogen) atoms. The van der Waals surface area contributed by atoms with Crippen LogP contribution in [0.1, 0.15) is 19.8 Å². The van der Waals surface area contributed by atoms with Crippen LogP contribution in [0.25, 0.3) is 0 Å². The predicted octanol–water partition coefficient (Wildman–Crippen LogP) is 1.49. The smallest absolute Gasteiger partial charge is 0.395 e. The molecule has 1 rings (SSSR count). The van der Waals surface area contributed by atoms with E-state index in [1.54, 1.807) is 6.92 Å². The highest BCUT2D eigenvalue weighted by molar-refractivity contribution is 7.99. The first-order valence-corrected chi connectivity index (χ1v) is 8.28. The van der Waals surface area contributed by atoms with Crippen molar-refractivity contribution in [3.63, 3.8) is 0 Å². The molecule has 0 radical (unpaired) electrons. The first-order chi connectivity index (χ1) is 9.76. The largest absolute Gasteiger partial charge is 0.401 e. The van der Waals surface area contributed by atoms with Gasteiger partial charge in [-0.1, -0.05) is 0 Å². The Kier molecular flexibility index (Phi) is 7.29. The van der Waals surface area contributed by atoms with Crippen LogP contribution in [-0.4, -0.2) is 65.9 Å². The molecule has 0 aliphatic carbocycles. The molecule has 0 aromatic heterocycles. The zero-order valence-corrected chi connectivity index (χ0v) is 13.1. The van der Waals surface area contributed by atoms with Gasteiger partial charge in [-0.2, -0.15) is 24.9 Å². The summed E-state index contributed by atoms with van der Waals surface area (Å²) in [6.07, 6.45) is -1.19. The minimum Gasteiger partial charge on any atom is -0.395 e. The Bertz CT molecular complexity index is 338. The molecule has 3 atom stereocenters. The molecule has 3 unspecified atom stereocenters. The van der Waals surface area contributed by atoms with E-state index in [0.29, 0.717) is 19.4 Å². The van der Waals surface area contributed by atoms with Crippen LogP contribution >= 0.6 is 11.8 Å². The van der Waals surface area contributed by atoms with E-state index in [0.717, 1.165) is 0 Å². The first-order valence-electron chi connectivity index (χ1n) is 7.00. The molecular formula is C13H23F3N2O2S. The van der Waals surface area contributed by atoms with Crippen molar-refractivity contribution in [3.05, 3.63) is 0 Å². The number of aliphatic hydroxyl groups is 1. The highest BCUT2D eigenvalue weighted by atomic mass is 32.2. The number of carbonyl (C=O) groups is 1. The van der Waals surface area contributed by atoms with Crippen molar-refractivity contribution in [2.75, 3.05) is 32.5 Å². The van der Waals surface area contributed by atoms with E-state index in [4.69, 9.17) is 0 Å². The third kappa shape index (κ3) is 6.44. The molecule has 0 aromatic rings. The fourth-order valence-electron chi connectivity index (χ4n) is 2.54. The zero-order valence-electron chi connectivity index (χ0n) is 12.3. The average molecular weight is 328 g/mol. The van der Waals surface area contributed by atoms with E-state index in [9.17, 15) is 23.1 Å². The summed E-state index contributed by atoms with van der Waals surface area (Å²) in [5.41, 5.74) is 0. The summed E-state index contributed by atoms with van der Waals surface area (Å²) in [6, 6.07) is -0.213. The number of amides is 1. The van der Waals surface area contributed by atoms with Gasteiger partial charge in [0.05, 0.1) is 19.1 Å².